The fourth-order valence-corrected chi connectivity index (χ4v) is 4.74. The number of carbonyl (C=O) groups is 1. The largest absolute Gasteiger partial charge is 0.490 e. The normalized spacial score (nSPS) is 11.2. The lowest BCUT2D eigenvalue weighted by molar-refractivity contribution is 0.0955. The van der Waals surface area contributed by atoms with Crippen LogP contribution in [0, 0.1) is 10.5 Å². The van der Waals surface area contributed by atoms with Crippen LogP contribution in [-0.2, 0) is 0 Å². The summed E-state index contributed by atoms with van der Waals surface area (Å²) in [6.45, 7) is 8.48. The molecule has 1 aromatic heterocycles. The molecule has 0 aliphatic rings. The number of amides is 1. The molecule has 1 heterocycles. The van der Waals surface area contributed by atoms with Crippen LogP contribution in [0.5, 0.6) is 11.5 Å². The molecule has 1 N–H and O–H groups in total. The van der Waals surface area contributed by atoms with Crippen molar-refractivity contribution >= 4 is 34.7 Å². The summed E-state index contributed by atoms with van der Waals surface area (Å²) in [6, 6.07) is 25.8. The zero-order valence-corrected chi connectivity index (χ0v) is 23.5. The van der Waals surface area contributed by atoms with Gasteiger partial charge in [0.15, 0.2) is 11.5 Å². The second kappa shape index (κ2) is 12.1. The quantitative estimate of drug-likeness (QED) is 0.127. The maximum atomic E-state index is 12.7. The molecule has 3 aromatic carbocycles. The summed E-state index contributed by atoms with van der Waals surface area (Å²) in [5.74, 6) is 1.09. The summed E-state index contributed by atoms with van der Waals surface area (Å²) >= 11 is 2.22. The maximum absolute atomic E-state index is 12.7. The van der Waals surface area contributed by atoms with Gasteiger partial charge in [-0.25, -0.2) is 5.43 Å². The Labute approximate surface area is 231 Å². The van der Waals surface area contributed by atoms with Crippen molar-refractivity contribution in [3.05, 3.63) is 99.3 Å². The fraction of sp³-hybridized carbons (Fsp3) is 0.200. The highest BCUT2D eigenvalue weighted by Crippen LogP contribution is 2.34. The average Bonchev–Trinajstić information content (AvgIpc) is 3.28. The molecule has 0 saturated carbocycles. The van der Waals surface area contributed by atoms with E-state index in [4.69, 9.17) is 9.47 Å². The van der Waals surface area contributed by atoms with Crippen LogP contribution in [-0.4, -0.2) is 29.4 Å². The van der Waals surface area contributed by atoms with Crippen molar-refractivity contribution in [3.63, 3.8) is 0 Å². The van der Waals surface area contributed by atoms with Gasteiger partial charge in [0.1, 0.15) is 0 Å². The van der Waals surface area contributed by atoms with Gasteiger partial charge in [0, 0.05) is 16.9 Å². The van der Waals surface area contributed by atoms with Crippen LogP contribution in [0.25, 0.3) is 16.9 Å². The molecule has 6 nitrogen and oxygen atoms in total. The van der Waals surface area contributed by atoms with Crippen LogP contribution in [0.1, 0.15) is 42.4 Å². The van der Waals surface area contributed by atoms with E-state index < -0.39 is 0 Å². The summed E-state index contributed by atoms with van der Waals surface area (Å²) in [4.78, 5) is 12.7. The lowest BCUT2D eigenvalue weighted by Gasteiger charge is -2.16. The Bertz CT molecular complexity index is 1390. The molecule has 0 radical (unpaired) electrons. The van der Waals surface area contributed by atoms with Crippen molar-refractivity contribution in [2.75, 3.05) is 6.61 Å². The molecular formula is C30H30IN3O3. The molecule has 7 heteroatoms. The molecule has 0 aliphatic heterocycles. The van der Waals surface area contributed by atoms with E-state index in [9.17, 15) is 4.79 Å². The third-order valence-corrected chi connectivity index (χ3v) is 6.40. The number of hydrogen-bond acceptors (Lipinski definition) is 4. The molecule has 0 fully saturated rings. The van der Waals surface area contributed by atoms with E-state index in [0.717, 1.165) is 31.8 Å². The van der Waals surface area contributed by atoms with Gasteiger partial charge < -0.3 is 14.0 Å². The minimum Gasteiger partial charge on any atom is -0.490 e. The van der Waals surface area contributed by atoms with Gasteiger partial charge in [-0.05, 0) is 110 Å². The number of benzene rings is 3. The molecule has 0 bridgehead atoms. The standard InChI is InChI=1S/C30H30IN3O3/c1-5-36-28-18-22(17-26(31)29(28)37-20(2)3)19-32-33-30(35)24-12-14-25(15-13-24)34-21(4)11-16-27(34)23-9-7-6-8-10-23/h6-20H,5H2,1-4H3,(H,33,35)/b32-19+. The fourth-order valence-electron chi connectivity index (χ4n) is 3.98. The number of aromatic nitrogens is 1. The zero-order valence-electron chi connectivity index (χ0n) is 21.4. The number of halogens is 1. The summed E-state index contributed by atoms with van der Waals surface area (Å²) < 4.78 is 14.8. The zero-order chi connectivity index (χ0) is 26.4. The van der Waals surface area contributed by atoms with Gasteiger partial charge in [-0.15, -0.1) is 0 Å². The first kappa shape index (κ1) is 26.5. The number of hydrogen-bond donors (Lipinski definition) is 1. The number of nitrogens with zero attached hydrogens (tertiary/aromatic N) is 2. The summed E-state index contributed by atoms with van der Waals surface area (Å²) in [5.41, 5.74) is 8.29. The molecule has 4 rings (SSSR count). The van der Waals surface area contributed by atoms with E-state index in [1.807, 2.05) is 75.4 Å². The van der Waals surface area contributed by atoms with Crippen molar-refractivity contribution in [2.45, 2.75) is 33.8 Å². The van der Waals surface area contributed by atoms with E-state index in [1.54, 1.807) is 6.21 Å². The molecule has 4 aromatic rings. The first-order chi connectivity index (χ1) is 17.9. The number of ether oxygens (including phenoxy) is 2. The van der Waals surface area contributed by atoms with Crippen molar-refractivity contribution < 1.29 is 14.3 Å². The SMILES string of the molecule is CCOc1cc(/C=N/NC(=O)c2ccc(-n3c(C)ccc3-c3ccccc3)cc2)cc(I)c1OC(C)C. The highest BCUT2D eigenvalue weighted by Gasteiger charge is 2.14. The predicted octanol–water partition coefficient (Wildman–Crippen LogP) is 7.01. The molecule has 0 atom stereocenters. The average molecular weight is 607 g/mol. The Hall–Kier alpha value is -3.59. The van der Waals surface area contributed by atoms with Crippen LogP contribution < -0.4 is 14.9 Å². The lowest BCUT2D eigenvalue weighted by atomic mass is 10.1. The number of aryl methyl sites for hydroxylation is 1. The topological polar surface area (TPSA) is 64.8 Å². The molecule has 0 unspecified atom stereocenters. The highest BCUT2D eigenvalue weighted by molar-refractivity contribution is 14.1. The first-order valence-electron chi connectivity index (χ1n) is 12.2. The molecule has 0 saturated heterocycles. The van der Waals surface area contributed by atoms with E-state index in [0.29, 0.717) is 23.7 Å². The Kier molecular flexibility index (Phi) is 8.66. The number of carbonyl (C=O) groups excluding carboxylic acids is 1. The molecule has 1 amide bonds. The monoisotopic (exact) mass is 607 g/mol. The van der Waals surface area contributed by atoms with E-state index in [-0.39, 0.29) is 12.0 Å². The lowest BCUT2D eigenvalue weighted by Crippen LogP contribution is -2.17. The van der Waals surface area contributed by atoms with Crippen LogP contribution in [0.15, 0.2) is 84.0 Å². The van der Waals surface area contributed by atoms with Gasteiger partial charge in [0.25, 0.3) is 5.91 Å². The van der Waals surface area contributed by atoms with Crippen LogP contribution in [0.2, 0.25) is 0 Å². The van der Waals surface area contributed by atoms with E-state index in [2.05, 4.69) is 68.9 Å². The Morgan fingerprint density at radius 1 is 1.05 bits per heavy atom. The molecule has 190 valence electrons. The highest BCUT2D eigenvalue weighted by atomic mass is 127. The predicted molar refractivity (Wildman–Crippen MR) is 157 cm³/mol. The van der Waals surface area contributed by atoms with Gasteiger partial charge in [0.2, 0.25) is 0 Å². The van der Waals surface area contributed by atoms with Crippen LogP contribution in [0.3, 0.4) is 0 Å². The Morgan fingerprint density at radius 3 is 2.46 bits per heavy atom. The van der Waals surface area contributed by atoms with Gasteiger partial charge >= 0.3 is 0 Å². The minimum atomic E-state index is -0.283. The summed E-state index contributed by atoms with van der Waals surface area (Å²) in [5, 5.41) is 4.16. The first-order valence-corrected chi connectivity index (χ1v) is 13.3. The van der Waals surface area contributed by atoms with Gasteiger partial charge in [0.05, 0.1) is 28.2 Å². The van der Waals surface area contributed by atoms with Gasteiger partial charge in [-0.2, -0.15) is 5.10 Å². The van der Waals surface area contributed by atoms with Crippen molar-refractivity contribution in [3.8, 4) is 28.4 Å². The molecule has 37 heavy (non-hydrogen) atoms. The summed E-state index contributed by atoms with van der Waals surface area (Å²) in [7, 11) is 0. The second-order valence-corrected chi connectivity index (χ2v) is 9.90. The number of hydrazone groups is 1. The van der Waals surface area contributed by atoms with Crippen molar-refractivity contribution in [1.29, 1.82) is 0 Å². The van der Waals surface area contributed by atoms with Gasteiger partial charge in [-0.1, -0.05) is 30.3 Å². The number of rotatable bonds is 9. The van der Waals surface area contributed by atoms with E-state index >= 15 is 0 Å². The van der Waals surface area contributed by atoms with E-state index in [1.165, 1.54) is 0 Å². The van der Waals surface area contributed by atoms with Gasteiger partial charge in [-0.3, -0.25) is 4.79 Å². The van der Waals surface area contributed by atoms with Crippen LogP contribution >= 0.6 is 22.6 Å². The number of nitrogens with one attached hydrogen (secondary N) is 1. The summed E-state index contributed by atoms with van der Waals surface area (Å²) in [6.07, 6.45) is 1.63. The minimum absolute atomic E-state index is 0.0317. The second-order valence-electron chi connectivity index (χ2n) is 8.74. The van der Waals surface area contributed by atoms with Crippen LogP contribution in [0.4, 0.5) is 0 Å². The Balaban J connectivity index is 1.48. The third-order valence-electron chi connectivity index (χ3n) is 5.60. The van der Waals surface area contributed by atoms with Crippen molar-refractivity contribution in [1.82, 2.24) is 9.99 Å². The third kappa shape index (κ3) is 6.40. The Morgan fingerprint density at radius 2 is 1.78 bits per heavy atom. The maximum Gasteiger partial charge on any atom is 0.271 e. The van der Waals surface area contributed by atoms with Crippen molar-refractivity contribution in [2.24, 2.45) is 5.10 Å². The molecular weight excluding hydrogens is 577 g/mol. The molecule has 0 aliphatic carbocycles. The molecule has 0 spiro atoms. The smallest absolute Gasteiger partial charge is 0.271 e.